The zero-order chi connectivity index (χ0) is 19.5. The van der Waals surface area contributed by atoms with E-state index in [1.807, 2.05) is 54.8 Å². The summed E-state index contributed by atoms with van der Waals surface area (Å²) in [5.74, 6) is 0.157. The molecule has 6 heteroatoms. The van der Waals surface area contributed by atoms with E-state index in [1.54, 1.807) is 24.9 Å². The Labute approximate surface area is 163 Å². The number of amides is 1. The molecule has 5 nitrogen and oxygen atoms in total. The number of benzene rings is 2. The predicted octanol–water partition coefficient (Wildman–Crippen LogP) is 3.68. The fraction of sp³-hybridized carbons (Fsp3) is 0.238. The first-order valence-electron chi connectivity index (χ1n) is 8.49. The minimum atomic E-state index is -0.344. The molecule has 0 spiro atoms. The Bertz CT molecular complexity index is 770. The maximum absolute atomic E-state index is 11.8. The van der Waals surface area contributed by atoms with Gasteiger partial charge in [0.25, 0.3) is 0 Å². The number of nitrogens with one attached hydrogen (secondary N) is 1. The average Bonchev–Trinajstić information content (AvgIpc) is 2.71. The SMILES string of the molecule is COc1ccc(/C=C/C(=O)NCCC(=O)OCc2ccc(SC)cc2)cc1. The first kappa shape index (κ1) is 20.6. The quantitative estimate of drug-likeness (QED) is 0.405. The minimum absolute atomic E-state index is 0.130. The zero-order valence-corrected chi connectivity index (χ0v) is 16.3. The number of methoxy groups -OCH3 is 1. The second-order valence-corrected chi connectivity index (χ2v) is 6.54. The van der Waals surface area contributed by atoms with Crippen LogP contribution in [0, 0.1) is 0 Å². The number of rotatable bonds is 9. The fourth-order valence-corrected chi connectivity index (χ4v) is 2.60. The van der Waals surface area contributed by atoms with Gasteiger partial charge in [0, 0.05) is 17.5 Å². The van der Waals surface area contributed by atoms with E-state index in [1.165, 1.54) is 6.08 Å². The molecule has 27 heavy (non-hydrogen) atoms. The molecule has 0 bridgehead atoms. The summed E-state index contributed by atoms with van der Waals surface area (Å²) in [4.78, 5) is 24.7. The van der Waals surface area contributed by atoms with Crippen molar-refractivity contribution in [1.29, 1.82) is 0 Å². The van der Waals surface area contributed by atoms with Crippen molar-refractivity contribution < 1.29 is 19.1 Å². The topological polar surface area (TPSA) is 64.6 Å². The Balaban J connectivity index is 1.65. The van der Waals surface area contributed by atoms with Gasteiger partial charge in [-0.1, -0.05) is 24.3 Å². The lowest BCUT2D eigenvalue weighted by Crippen LogP contribution is -2.24. The summed E-state index contributed by atoms with van der Waals surface area (Å²) in [5.41, 5.74) is 1.82. The van der Waals surface area contributed by atoms with Crippen LogP contribution in [0.3, 0.4) is 0 Å². The van der Waals surface area contributed by atoms with Crippen LogP contribution in [0.1, 0.15) is 17.5 Å². The summed E-state index contributed by atoms with van der Waals surface area (Å²) in [5, 5.41) is 2.67. The number of esters is 1. The molecular weight excluding hydrogens is 362 g/mol. The van der Waals surface area contributed by atoms with E-state index in [-0.39, 0.29) is 31.4 Å². The monoisotopic (exact) mass is 385 g/mol. The first-order chi connectivity index (χ1) is 13.1. The van der Waals surface area contributed by atoms with E-state index in [4.69, 9.17) is 9.47 Å². The Morgan fingerprint density at radius 1 is 1.07 bits per heavy atom. The van der Waals surface area contributed by atoms with Gasteiger partial charge in [0.2, 0.25) is 5.91 Å². The van der Waals surface area contributed by atoms with Gasteiger partial charge < -0.3 is 14.8 Å². The normalized spacial score (nSPS) is 10.6. The number of ether oxygens (including phenoxy) is 2. The van der Waals surface area contributed by atoms with Crippen LogP contribution >= 0.6 is 11.8 Å². The molecule has 0 radical (unpaired) electrons. The van der Waals surface area contributed by atoms with E-state index in [0.717, 1.165) is 21.8 Å². The van der Waals surface area contributed by atoms with Gasteiger partial charge in [-0.15, -0.1) is 11.8 Å². The highest BCUT2D eigenvalue weighted by Gasteiger charge is 2.04. The Hall–Kier alpha value is -2.73. The molecule has 1 amide bonds. The molecule has 2 aromatic rings. The van der Waals surface area contributed by atoms with Crippen LogP contribution < -0.4 is 10.1 Å². The maximum atomic E-state index is 11.8. The smallest absolute Gasteiger partial charge is 0.307 e. The van der Waals surface area contributed by atoms with Gasteiger partial charge >= 0.3 is 5.97 Å². The highest BCUT2D eigenvalue weighted by atomic mass is 32.2. The third-order valence-electron chi connectivity index (χ3n) is 3.73. The van der Waals surface area contributed by atoms with E-state index in [2.05, 4.69) is 5.32 Å². The summed E-state index contributed by atoms with van der Waals surface area (Å²) in [7, 11) is 1.60. The van der Waals surface area contributed by atoms with Crippen LogP contribution in [0.25, 0.3) is 6.08 Å². The lowest BCUT2D eigenvalue weighted by atomic mass is 10.2. The van der Waals surface area contributed by atoms with E-state index >= 15 is 0 Å². The maximum Gasteiger partial charge on any atom is 0.307 e. The molecule has 0 aliphatic carbocycles. The average molecular weight is 385 g/mol. The molecule has 0 unspecified atom stereocenters. The molecule has 0 heterocycles. The van der Waals surface area contributed by atoms with Gasteiger partial charge in [0.05, 0.1) is 13.5 Å². The second-order valence-electron chi connectivity index (χ2n) is 5.66. The molecule has 0 aliphatic heterocycles. The Morgan fingerprint density at radius 3 is 2.41 bits per heavy atom. The van der Waals surface area contributed by atoms with Crippen LogP contribution in [0.15, 0.2) is 59.5 Å². The summed E-state index contributed by atoms with van der Waals surface area (Å²) in [6.45, 7) is 0.467. The van der Waals surface area contributed by atoms with Crippen molar-refractivity contribution in [2.24, 2.45) is 0 Å². The first-order valence-corrected chi connectivity index (χ1v) is 9.71. The number of thioether (sulfide) groups is 1. The highest BCUT2D eigenvalue weighted by molar-refractivity contribution is 7.98. The third-order valence-corrected chi connectivity index (χ3v) is 4.47. The number of hydrogen-bond acceptors (Lipinski definition) is 5. The number of carbonyl (C=O) groups is 2. The van der Waals surface area contributed by atoms with Crippen molar-refractivity contribution in [2.75, 3.05) is 19.9 Å². The lowest BCUT2D eigenvalue weighted by molar-refractivity contribution is -0.144. The molecule has 0 fully saturated rings. The largest absolute Gasteiger partial charge is 0.497 e. The Morgan fingerprint density at radius 2 is 1.78 bits per heavy atom. The molecule has 2 rings (SSSR count). The zero-order valence-electron chi connectivity index (χ0n) is 15.4. The van der Waals surface area contributed by atoms with Crippen molar-refractivity contribution in [3.8, 4) is 5.75 Å². The predicted molar refractivity (Wildman–Crippen MR) is 108 cm³/mol. The van der Waals surface area contributed by atoms with Crippen LogP contribution in [0.4, 0.5) is 0 Å². The molecule has 0 aromatic heterocycles. The standard InChI is InChI=1S/C21H23NO4S/c1-25-18-8-3-16(4-9-18)7-12-20(23)22-14-13-21(24)26-15-17-5-10-19(27-2)11-6-17/h3-12H,13-15H2,1-2H3,(H,22,23)/b12-7+. The van der Waals surface area contributed by atoms with Crippen molar-refractivity contribution in [2.45, 2.75) is 17.9 Å². The van der Waals surface area contributed by atoms with E-state index < -0.39 is 0 Å². The molecule has 0 aliphatic rings. The van der Waals surface area contributed by atoms with Gasteiger partial charge in [0.1, 0.15) is 12.4 Å². The minimum Gasteiger partial charge on any atom is -0.497 e. The van der Waals surface area contributed by atoms with Crippen molar-refractivity contribution in [3.05, 3.63) is 65.7 Å². The third kappa shape index (κ3) is 7.58. The van der Waals surface area contributed by atoms with Gasteiger partial charge in [0.15, 0.2) is 0 Å². The molecule has 142 valence electrons. The number of carbonyl (C=O) groups excluding carboxylic acids is 2. The summed E-state index contributed by atoms with van der Waals surface area (Å²) < 4.78 is 10.3. The molecule has 0 atom stereocenters. The van der Waals surface area contributed by atoms with Crippen LogP contribution in [0.2, 0.25) is 0 Å². The van der Waals surface area contributed by atoms with Crippen LogP contribution in [0.5, 0.6) is 5.75 Å². The van der Waals surface area contributed by atoms with Gasteiger partial charge in [-0.25, -0.2) is 0 Å². The Kier molecular flexibility index (Phi) is 8.45. The molecular formula is C21H23NO4S. The van der Waals surface area contributed by atoms with Crippen molar-refractivity contribution in [1.82, 2.24) is 5.32 Å². The van der Waals surface area contributed by atoms with Gasteiger partial charge in [-0.05, 0) is 47.7 Å². The van der Waals surface area contributed by atoms with Crippen LogP contribution in [-0.2, 0) is 20.9 Å². The summed E-state index contributed by atoms with van der Waals surface area (Å²) in [6.07, 6.45) is 5.27. The molecule has 2 aromatic carbocycles. The molecule has 0 saturated heterocycles. The summed E-state index contributed by atoms with van der Waals surface area (Å²) in [6, 6.07) is 15.2. The van der Waals surface area contributed by atoms with Gasteiger partial charge in [-0.3, -0.25) is 9.59 Å². The van der Waals surface area contributed by atoms with Crippen LogP contribution in [-0.4, -0.2) is 31.8 Å². The lowest BCUT2D eigenvalue weighted by Gasteiger charge is -2.06. The number of hydrogen-bond donors (Lipinski definition) is 1. The van der Waals surface area contributed by atoms with E-state index in [9.17, 15) is 9.59 Å². The fourth-order valence-electron chi connectivity index (χ4n) is 2.19. The highest BCUT2D eigenvalue weighted by Crippen LogP contribution is 2.15. The van der Waals surface area contributed by atoms with Gasteiger partial charge in [-0.2, -0.15) is 0 Å². The molecule has 1 N–H and O–H groups in total. The molecule has 0 saturated carbocycles. The van der Waals surface area contributed by atoms with Crippen molar-refractivity contribution in [3.63, 3.8) is 0 Å². The second kappa shape index (κ2) is 11.1. The van der Waals surface area contributed by atoms with E-state index in [0.29, 0.717) is 0 Å². The van der Waals surface area contributed by atoms with Crippen molar-refractivity contribution >= 4 is 29.7 Å². The summed E-state index contributed by atoms with van der Waals surface area (Å²) >= 11 is 1.66.